The summed E-state index contributed by atoms with van der Waals surface area (Å²) in [6, 6.07) is 3.79. The molecule has 0 bridgehead atoms. The molecule has 19 heavy (non-hydrogen) atoms. The van der Waals surface area contributed by atoms with E-state index < -0.39 is 23.2 Å². The molecule has 104 valence electrons. The zero-order valence-electron chi connectivity index (χ0n) is 11.2. The van der Waals surface area contributed by atoms with Crippen LogP contribution in [0.3, 0.4) is 0 Å². The normalized spacial score (nSPS) is 10.8. The van der Waals surface area contributed by atoms with Gasteiger partial charge in [0.05, 0.1) is 14.2 Å². The van der Waals surface area contributed by atoms with Crippen molar-refractivity contribution in [3.8, 4) is 5.75 Å². The third kappa shape index (κ3) is 3.43. The third-order valence-electron chi connectivity index (χ3n) is 2.54. The van der Waals surface area contributed by atoms with E-state index in [1.54, 1.807) is 0 Å². The molecule has 0 atom stereocenters. The zero-order valence-corrected chi connectivity index (χ0v) is 11.2. The Morgan fingerprint density at radius 2 is 1.89 bits per heavy atom. The molecule has 1 amide bonds. The smallest absolute Gasteiger partial charge is 0.330 e. The summed E-state index contributed by atoms with van der Waals surface area (Å²) in [7, 11) is 2.56. The van der Waals surface area contributed by atoms with Crippen LogP contribution in [0.5, 0.6) is 5.75 Å². The van der Waals surface area contributed by atoms with Crippen molar-refractivity contribution in [2.24, 2.45) is 0 Å². The van der Waals surface area contributed by atoms with Crippen molar-refractivity contribution in [1.29, 1.82) is 0 Å². The van der Waals surface area contributed by atoms with E-state index in [0.717, 1.165) is 6.07 Å². The first-order valence-corrected chi connectivity index (χ1v) is 5.56. The SMILES string of the molecule is COC(=O)C(C)(C)NC(=O)c1ccc(OC)c(F)c1. The van der Waals surface area contributed by atoms with E-state index in [-0.39, 0.29) is 11.3 Å². The van der Waals surface area contributed by atoms with E-state index in [1.807, 2.05) is 0 Å². The van der Waals surface area contributed by atoms with Crippen LogP contribution in [0.4, 0.5) is 4.39 Å². The van der Waals surface area contributed by atoms with Gasteiger partial charge in [0, 0.05) is 5.56 Å². The predicted molar refractivity (Wildman–Crippen MR) is 66.5 cm³/mol. The molecular formula is C13H16FNO4. The Bertz CT molecular complexity index is 499. The summed E-state index contributed by atoms with van der Waals surface area (Å²) in [6.45, 7) is 2.99. The molecular weight excluding hydrogens is 253 g/mol. The van der Waals surface area contributed by atoms with Crippen LogP contribution in [0.15, 0.2) is 18.2 Å². The summed E-state index contributed by atoms with van der Waals surface area (Å²) >= 11 is 0. The van der Waals surface area contributed by atoms with E-state index in [4.69, 9.17) is 4.74 Å². The van der Waals surface area contributed by atoms with Gasteiger partial charge in [-0.2, -0.15) is 0 Å². The molecule has 0 fully saturated rings. The number of amides is 1. The molecule has 0 aliphatic carbocycles. The summed E-state index contributed by atoms with van der Waals surface area (Å²) in [4.78, 5) is 23.3. The molecule has 1 aromatic carbocycles. The minimum absolute atomic E-state index is 0.0452. The number of methoxy groups -OCH3 is 2. The Morgan fingerprint density at radius 1 is 1.26 bits per heavy atom. The molecule has 0 saturated heterocycles. The number of ether oxygens (including phenoxy) is 2. The van der Waals surface area contributed by atoms with Crippen LogP contribution in [-0.2, 0) is 9.53 Å². The van der Waals surface area contributed by atoms with Crippen LogP contribution in [0.2, 0.25) is 0 Å². The number of hydrogen-bond donors (Lipinski definition) is 1. The van der Waals surface area contributed by atoms with Gasteiger partial charge < -0.3 is 14.8 Å². The largest absolute Gasteiger partial charge is 0.494 e. The van der Waals surface area contributed by atoms with Gasteiger partial charge in [0.25, 0.3) is 5.91 Å². The van der Waals surface area contributed by atoms with E-state index >= 15 is 0 Å². The number of carbonyl (C=O) groups is 2. The molecule has 5 nitrogen and oxygen atoms in total. The lowest BCUT2D eigenvalue weighted by Gasteiger charge is -2.23. The number of carbonyl (C=O) groups excluding carboxylic acids is 2. The molecule has 0 heterocycles. The molecule has 0 aliphatic rings. The molecule has 0 unspecified atom stereocenters. The predicted octanol–water partition coefficient (Wildman–Crippen LogP) is 1.52. The molecule has 1 rings (SSSR count). The molecule has 0 radical (unpaired) electrons. The average Bonchev–Trinajstić information content (AvgIpc) is 2.36. The lowest BCUT2D eigenvalue weighted by Crippen LogP contribution is -2.50. The Hall–Kier alpha value is -2.11. The quantitative estimate of drug-likeness (QED) is 0.842. The Kier molecular flexibility index (Phi) is 4.47. The summed E-state index contributed by atoms with van der Waals surface area (Å²) in [5.74, 6) is -1.76. The van der Waals surface area contributed by atoms with E-state index in [0.29, 0.717) is 0 Å². The van der Waals surface area contributed by atoms with Crippen LogP contribution >= 0.6 is 0 Å². The van der Waals surface area contributed by atoms with Gasteiger partial charge in [-0.25, -0.2) is 9.18 Å². The maximum Gasteiger partial charge on any atom is 0.330 e. The second-order valence-corrected chi connectivity index (χ2v) is 4.42. The van der Waals surface area contributed by atoms with Crippen molar-refractivity contribution in [2.75, 3.05) is 14.2 Å². The Labute approximate surface area is 110 Å². The molecule has 0 spiro atoms. The number of nitrogens with one attached hydrogen (secondary N) is 1. The minimum Gasteiger partial charge on any atom is -0.494 e. The highest BCUT2D eigenvalue weighted by Crippen LogP contribution is 2.18. The number of esters is 1. The van der Waals surface area contributed by atoms with E-state index in [2.05, 4.69) is 10.1 Å². The van der Waals surface area contributed by atoms with Gasteiger partial charge in [0.1, 0.15) is 5.54 Å². The van der Waals surface area contributed by atoms with Gasteiger partial charge in [-0.15, -0.1) is 0 Å². The number of hydrogen-bond acceptors (Lipinski definition) is 4. The minimum atomic E-state index is -1.19. The molecule has 1 aromatic rings. The van der Waals surface area contributed by atoms with Gasteiger partial charge in [-0.1, -0.05) is 0 Å². The van der Waals surface area contributed by atoms with Crippen molar-refractivity contribution in [1.82, 2.24) is 5.32 Å². The second-order valence-electron chi connectivity index (χ2n) is 4.42. The zero-order chi connectivity index (χ0) is 14.6. The van der Waals surface area contributed by atoms with Crippen molar-refractivity contribution in [3.63, 3.8) is 0 Å². The van der Waals surface area contributed by atoms with E-state index in [1.165, 1.54) is 40.2 Å². The van der Waals surface area contributed by atoms with Gasteiger partial charge in [-0.05, 0) is 32.0 Å². The van der Waals surface area contributed by atoms with E-state index in [9.17, 15) is 14.0 Å². The highest BCUT2D eigenvalue weighted by Gasteiger charge is 2.30. The highest BCUT2D eigenvalue weighted by atomic mass is 19.1. The standard InChI is InChI=1S/C13H16FNO4/c1-13(2,12(17)19-4)15-11(16)8-5-6-10(18-3)9(14)7-8/h5-7H,1-4H3,(H,15,16). The lowest BCUT2D eigenvalue weighted by molar-refractivity contribution is -0.146. The fourth-order valence-electron chi connectivity index (χ4n) is 1.47. The molecule has 6 heteroatoms. The van der Waals surface area contributed by atoms with Gasteiger partial charge in [0.2, 0.25) is 0 Å². The maximum atomic E-state index is 13.5. The van der Waals surface area contributed by atoms with Crippen molar-refractivity contribution in [3.05, 3.63) is 29.6 Å². The van der Waals surface area contributed by atoms with Crippen molar-refractivity contribution < 1.29 is 23.5 Å². The van der Waals surface area contributed by atoms with Crippen molar-refractivity contribution in [2.45, 2.75) is 19.4 Å². The number of rotatable bonds is 4. The monoisotopic (exact) mass is 269 g/mol. The first-order chi connectivity index (χ1) is 8.81. The summed E-state index contributed by atoms with van der Waals surface area (Å²) in [5, 5.41) is 2.47. The van der Waals surface area contributed by atoms with Crippen molar-refractivity contribution >= 4 is 11.9 Å². The lowest BCUT2D eigenvalue weighted by atomic mass is 10.0. The van der Waals surface area contributed by atoms with Gasteiger partial charge in [-0.3, -0.25) is 4.79 Å². The van der Waals surface area contributed by atoms with Gasteiger partial charge >= 0.3 is 5.97 Å². The second kappa shape index (κ2) is 5.69. The van der Waals surface area contributed by atoms with Gasteiger partial charge in [0.15, 0.2) is 11.6 Å². The topological polar surface area (TPSA) is 64.6 Å². The number of halogens is 1. The summed E-state index contributed by atoms with van der Waals surface area (Å²) < 4.78 is 22.8. The van der Waals surface area contributed by atoms with Crippen LogP contribution in [0.25, 0.3) is 0 Å². The average molecular weight is 269 g/mol. The fourth-order valence-corrected chi connectivity index (χ4v) is 1.47. The highest BCUT2D eigenvalue weighted by molar-refractivity contribution is 5.98. The van der Waals surface area contributed by atoms with Crippen LogP contribution in [0.1, 0.15) is 24.2 Å². The molecule has 0 saturated carbocycles. The maximum absolute atomic E-state index is 13.5. The first kappa shape index (κ1) is 14.9. The van der Waals surface area contributed by atoms with Crippen LogP contribution < -0.4 is 10.1 Å². The first-order valence-electron chi connectivity index (χ1n) is 5.56. The molecule has 0 aliphatic heterocycles. The Balaban J connectivity index is 2.90. The molecule has 1 N–H and O–H groups in total. The Morgan fingerprint density at radius 3 is 2.37 bits per heavy atom. The summed E-state index contributed by atoms with van der Waals surface area (Å²) in [6.07, 6.45) is 0. The summed E-state index contributed by atoms with van der Waals surface area (Å²) in [5.41, 5.74) is -1.10. The fraction of sp³-hybridized carbons (Fsp3) is 0.385. The number of benzene rings is 1. The molecule has 0 aromatic heterocycles. The third-order valence-corrected chi connectivity index (χ3v) is 2.54. The van der Waals surface area contributed by atoms with Crippen LogP contribution in [0, 0.1) is 5.82 Å². The van der Waals surface area contributed by atoms with Crippen LogP contribution in [-0.4, -0.2) is 31.6 Å².